The molecule has 1 aromatic heterocycles. The molecule has 0 aromatic carbocycles. The molecule has 2 atom stereocenters. The highest BCUT2D eigenvalue weighted by Crippen LogP contribution is 2.21. The molecule has 0 bridgehead atoms. The molecule has 1 aliphatic rings. The van der Waals surface area contributed by atoms with Crippen LogP contribution >= 0.6 is 11.3 Å². The van der Waals surface area contributed by atoms with Gasteiger partial charge in [0.1, 0.15) is 0 Å². The lowest BCUT2D eigenvalue weighted by atomic mass is 10.0. The van der Waals surface area contributed by atoms with Crippen molar-refractivity contribution in [3.8, 4) is 0 Å². The summed E-state index contributed by atoms with van der Waals surface area (Å²) in [7, 11) is 0. The first-order valence-corrected chi connectivity index (χ1v) is 8.94. The summed E-state index contributed by atoms with van der Waals surface area (Å²) >= 11 is 1.53. The van der Waals surface area contributed by atoms with E-state index in [0.717, 1.165) is 49.2 Å². The first-order valence-electron chi connectivity index (χ1n) is 8.06. The van der Waals surface area contributed by atoms with Crippen LogP contribution in [0.5, 0.6) is 0 Å². The first-order chi connectivity index (χ1) is 10.1. The Bertz CT molecular complexity index is 460. The van der Waals surface area contributed by atoms with Gasteiger partial charge in [0.2, 0.25) is 5.91 Å². The predicted molar refractivity (Wildman–Crippen MR) is 88.5 cm³/mol. The molecular formula is C16H27N3OS. The zero-order valence-corrected chi connectivity index (χ0v) is 14.2. The number of hydrogen-bond acceptors (Lipinski definition) is 4. The van der Waals surface area contributed by atoms with Crippen molar-refractivity contribution < 1.29 is 4.79 Å². The fourth-order valence-electron chi connectivity index (χ4n) is 2.89. The zero-order valence-electron chi connectivity index (χ0n) is 13.4. The second-order valence-corrected chi connectivity index (χ2v) is 7.16. The van der Waals surface area contributed by atoms with Crippen LogP contribution in [-0.4, -0.2) is 28.9 Å². The number of nitrogens with one attached hydrogen (secondary N) is 1. The predicted octanol–water partition coefficient (Wildman–Crippen LogP) is 3.75. The molecule has 0 radical (unpaired) electrons. The van der Waals surface area contributed by atoms with Crippen molar-refractivity contribution in [1.82, 2.24) is 9.88 Å². The molecule has 2 heterocycles. The number of piperidine rings is 1. The van der Waals surface area contributed by atoms with Gasteiger partial charge in [-0.05, 0) is 31.7 Å². The highest BCUT2D eigenvalue weighted by atomic mass is 32.1. The number of anilines is 1. The summed E-state index contributed by atoms with van der Waals surface area (Å²) in [4.78, 5) is 19.0. The Hall–Kier alpha value is -0.940. The van der Waals surface area contributed by atoms with Crippen LogP contribution < -0.4 is 5.32 Å². The summed E-state index contributed by atoms with van der Waals surface area (Å²) < 4.78 is 0. The second kappa shape index (κ2) is 7.90. The van der Waals surface area contributed by atoms with E-state index in [2.05, 4.69) is 34.4 Å². The zero-order chi connectivity index (χ0) is 15.2. The van der Waals surface area contributed by atoms with Crippen LogP contribution in [-0.2, 0) is 11.3 Å². The van der Waals surface area contributed by atoms with Gasteiger partial charge in [0, 0.05) is 24.4 Å². The molecule has 1 fully saturated rings. The molecule has 4 nitrogen and oxygen atoms in total. The standard InChI is InChI=1S/C16H27N3OS/c1-4-6-13(3)15(20)18-16-17-14(11-21-16)10-19-8-5-7-12(2)9-19/h11-13H,4-10H2,1-3H3,(H,17,18,20). The summed E-state index contributed by atoms with van der Waals surface area (Å²) in [6, 6.07) is 0. The molecular weight excluding hydrogens is 282 g/mol. The third-order valence-corrected chi connectivity index (χ3v) is 4.88. The molecule has 21 heavy (non-hydrogen) atoms. The van der Waals surface area contributed by atoms with E-state index in [9.17, 15) is 4.79 Å². The second-order valence-electron chi connectivity index (χ2n) is 6.31. The van der Waals surface area contributed by atoms with Gasteiger partial charge in [-0.25, -0.2) is 4.98 Å². The Balaban J connectivity index is 1.85. The van der Waals surface area contributed by atoms with E-state index in [1.807, 2.05) is 6.92 Å². The van der Waals surface area contributed by atoms with Crippen molar-refractivity contribution in [2.45, 2.75) is 53.0 Å². The van der Waals surface area contributed by atoms with Crippen LogP contribution in [0, 0.1) is 11.8 Å². The average Bonchev–Trinajstić information content (AvgIpc) is 2.86. The molecule has 1 saturated heterocycles. The van der Waals surface area contributed by atoms with Gasteiger partial charge in [0.15, 0.2) is 5.13 Å². The van der Waals surface area contributed by atoms with E-state index in [1.54, 1.807) is 0 Å². The van der Waals surface area contributed by atoms with Crippen molar-refractivity contribution in [3.63, 3.8) is 0 Å². The number of carbonyl (C=O) groups is 1. The van der Waals surface area contributed by atoms with Crippen molar-refractivity contribution in [2.24, 2.45) is 11.8 Å². The van der Waals surface area contributed by atoms with Crippen molar-refractivity contribution in [1.29, 1.82) is 0 Å². The molecule has 0 aliphatic carbocycles. The Morgan fingerprint density at radius 1 is 1.62 bits per heavy atom. The third kappa shape index (κ3) is 5.08. The molecule has 1 aliphatic heterocycles. The Morgan fingerprint density at radius 3 is 3.14 bits per heavy atom. The highest BCUT2D eigenvalue weighted by Gasteiger charge is 2.18. The fourth-order valence-corrected chi connectivity index (χ4v) is 3.59. The number of aromatic nitrogens is 1. The third-order valence-electron chi connectivity index (χ3n) is 4.08. The SMILES string of the molecule is CCCC(C)C(=O)Nc1nc(CN2CCCC(C)C2)cs1. The summed E-state index contributed by atoms with van der Waals surface area (Å²) in [5.41, 5.74) is 1.08. The van der Waals surface area contributed by atoms with E-state index in [1.165, 1.54) is 24.2 Å². The van der Waals surface area contributed by atoms with E-state index in [4.69, 9.17) is 0 Å². The number of rotatable bonds is 6. The Morgan fingerprint density at radius 2 is 2.43 bits per heavy atom. The lowest BCUT2D eigenvalue weighted by Gasteiger charge is -2.30. The summed E-state index contributed by atoms with van der Waals surface area (Å²) in [5.74, 6) is 0.932. The van der Waals surface area contributed by atoms with Gasteiger partial charge >= 0.3 is 0 Å². The quantitative estimate of drug-likeness (QED) is 0.870. The minimum absolute atomic E-state index is 0.0605. The van der Waals surface area contributed by atoms with Crippen LogP contribution in [0.2, 0.25) is 0 Å². The van der Waals surface area contributed by atoms with Crippen LogP contribution in [0.4, 0.5) is 5.13 Å². The van der Waals surface area contributed by atoms with Gasteiger partial charge in [-0.15, -0.1) is 11.3 Å². The van der Waals surface area contributed by atoms with Crippen LogP contribution in [0.15, 0.2) is 5.38 Å². The van der Waals surface area contributed by atoms with Crippen molar-refractivity contribution in [2.75, 3.05) is 18.4 Å². The normalized spacial score (nSPS) is 21.2. The fraction of sp³-hybridized carbons (Fsp3) is 0.750. The number of thiazole rings is 1. The summed E-state index contributed by atoms with van der Waals surface area (Å²) in [6.45, 7) is 9.62. The maximum absolute atomic E-state index is 12.0. The molecule has 2 unspecified atom stereocenters. The molecule has 118 valence electrons. The number of carbonyl (C=O) groups excluding carboxylic acids is 1. The van der Waals surface area contributed by atoms with E-state index in [0.29, 0.717) is 0 Å². The lowest BCUT2D eigenvalue weighted by Crippen LogP contribution is -2.33. The molecule has 2 rings (SSSR count). The minimum atomic E-state index is 0.0605. The monoisotopic (exact) mass is 309 g/mol. The largest absolute Gasteiger partial charge is 0.302 e. The Kier molecular flexibility index (Phi) is 6.18. The summed E-state index contributed by atoms with van der Waals surface area (Å²) in [5, 5.41) is 5.75. The highest BCUT2D eigenvalue weighted by molar-refractivity contribution is 7.13. The maximum atomic E-state index is 12.0. The van der Waals surface area contributed by atoms with Crippen LogP contribution in [0.3, 0.4) is 0 Å². The van der Waals surface area contributed by atoms with Gasteiger partial charge in [-0.3, -0.25) is 9.69 Å². The van der Waals surface area contributed by atoms with Crippen LogP contribution in [0.1, 0.15) is 52.1 Å². The van der Waals surface area contributed by atoms with E-state index in [-0.39, 0.29) is 11.8 Å². The molecule has 5 heteroatoms. The topological polar surface area (TPSA) is 45.2 Å². The van der Waals surface area contributed by atoms with Gasteiger partial charge in [-0.1, -0.05) is 27.2 Å². The number of likely N-dealkylation sites (tertiary alicyclic amines) is 1. The molecule has 1 aromatic rings. The minimum Gasteiger partial charge on any atom is -0.302 e. The molecule has 0 saturated carbocycles. The Labute approximate surface area is 132 Å². The number of hydrogen-bond donors (Lipinski definition) is 1. The first kappa shape index (κ1) is 16.4. The molecule has 1 amide bonds. The van der Waals surface area contributed by atoms with Crippen molar-refractivity contribution >= 4 is 22.4 Å². The van der Waals surface area contributed by atoms with Gasteiger partial charge in [0.25, 0.3) is 0 Å². The maximum Gasteiger partial charge on any atom is 0.228 e. The lowest BCUT2D eigenvalue weighted by molar-refractivity contribution is -0.119. The van der Waals surface area contributed by atoms with Gasteiger partial charge in [0.05, 0.1) is 5.69 Å². The molecule has 1 N–H and O–H groups in total. The summed E-state index contributed by atoms with van der Waals surface area (Å²) in [6.07, 6.45) is 4.58. The number of nitrogens with zero attached hydrogens (tertiary/aromatic N) is 2. The number of amides is 1. The van der Waals surface area contributed by atoms with Crippen LogP contribution in [0.25, 0.3) is 0 Å². The van der Waals surface area contributed by atoms with E-state index < -0.39 is 0 Å². The average molecular weight is 309 g/mol. The van der Waals surface area contributed by atoms with E-state index >= 15 is 0 Å². The molecule has 0 spiro atoms. The smallest absolute Gasteiger partial charge is 0.228 e. The van der Waals surface area contributed by atoms with Crippen molar-refractivity contribution in [3.05, 3.63) is 11.1 Å². The van der Waals surface area contributed by atoms with Gasteiger partial charge < -0.3 is 5.32 Å². The van der Waals surface area contributed by atoms with Gasteiger partial charge in [-0.2, -0.15) is 0 Å².